The van der Waals surface area contributed by atoms with Gasteiger partial charge in [0.2, 0.25) is 16.0 Å². The van der Waals surface area contributed by atoms with Gasteiger partial charge in [-0.25, -0.2) is 23.1 Å². The van der Waals surface area contributed by atoms with E-state index in [1.54, 1.807) is 18.5 Å². The number of nitrogens with one attached hydrogen (secondary N) is 1. The van der Waals surface area contributed by atoms with Gasteiger partial charge in [0.25, 0.3) is 0 Å². The van der Waals surface area contributed by atoms with Crippen LogP contribution in [-0.2, 0) is 10.0 Å². The van der Waals surface area contributed by atoms with Gasteiger partial charge in [0.05, 0.1) is 5.75 Å². The van der Waals surface area contributed by atoms with Crippen molar-refractivity contribution < 1.29 is 8.42 Å². The van der Waals surface area contributed by atoms with Crippen LogP contribution in [0.2, 0.25) is 0 Å². The van der Waals surface area contributed by atoms with Crippen molar-refractivity contribution in [1.29, 1.82) is 0 Å². The van der Waals surface area contributed by atoms with Gasteiger partial charge in [0.1, 0.15) is 0 Å². The van der Waals surface area contributed by atoms with Crippen LogP contribution >= 0.6 is 0 Å². The number of sulfonamides is 1. The number of unbranched alkanes of at least 4 members (excludes halogenated alkanes) is 1. The summed E-state index contributed by atoms with van der Waals surface area (Å²) in [4.78, 5) is 10.5. The zero-order chi connectivity index (χ0) is 14.4. The van der Waals surface area contributed by atoms with E-state index in [0.717, 1.165) is 25.8 Å². The maximum absolute atomic E-state index is 11.9. The molecule has 6 nitrogen and oxygen atoms in total. The molecule has 112 valence electrons. The number of aromatic nitrogens is 2. The third-order valence-electron chi connectivity index (χ3n) is 3.37. The van der Waals surface area contributed by atoms with Gasteiger partial charge < -0.3 is 4.90 Å². The number of hydrogen-bond acceptors (Lipinski definition) is 5. The molecule has 1 aromatic heterocycles. The van der Waals surface area contributed by atoms with E-state index in [0.29, 0.717) is 18.9 Å². The fraction of sp³-hybridized carbons (Fsp3) is 0.692. The minimum absolute atomic E-state index is 0.0468. The molecule has 0 aliphatic carbocycles. The number of hydrogen-bond donors (Lipinski definition) is 1. The molecule has 1 aliphatic heterocycles. The van der Waals surface area contributed by atoms with Gasteiger partial charge in [-0.15, -0.1) is 0 Å². The van der Waals surface area contributed by atoms with Crippen LogP contribution in [0.25, 0.3) is 0 Å². The standard InChI is InChI=1S/C13H22N4O2S/c1-2-3-10-20(18,19)16-12-6-4-9-17(11-12)13-14-7-5-8-15-13/h5,7-8,12,16H,2-4,6,9-11H2,1H3. The molecule has 20 heavy (non-hydrogen) atoms. The van der Waals surface area contributed by atoms with Gasteiger partial charge in [0.15, 0.2) is 0 Å². The van der Waals surface area contributed by atoms with E-state index in [4.69, 9.17) is 0 Å². The van der Waals surface area contributed by atoms with Crippen molar-refractivity contribution in [3.05, 3.63) is 18.5 Å². The number of rotatable bonds is 6. The number of nitrogens with zero attached hydrogens (tertiary/aromatic N) is 3. The van der Waals surface area contributed by atoms with E-state index in [9.17, 15) is 8.42 Å². The van der Waals surface area contributed by atoms with Gasteiger partial charge >= 0.3 is 0 Å². The van der Waals surface area contributed by atoms with E-state index < -0.39 is 10.0 Å². The van der Waals surface area contributed by atoms with E-state index in [1.807, 2.05) is 11.8 Å². The maximum Gasteiger partial charge on any atom is 0.225 e. The molecule has 1 atom stereocenters. The minimum atomic E-state index is -3.17. The lowest BCUT2D eigenvalue weighted by Gasteiger charge is -2.32. The summed E-state index contributed by atoms with van der Waals surface area (Å²) in [5.74, 6) is 0.881. The van der Waals surface area contributed by atoms with Crippen molar-refractivity contribution in [1.82, 2.24) is 14.7 Å². The largest absolute Gasteiger partial charge is 0.339 e. The Bertz CT molecular complexity index is 506. The van der Waals surface area contributed by atoms with Crippen LogP contribution in [0.15, 0.2) is 18.5 Å². The Kier molecular flexibility index (Phi) is 5.31. The van der Waals surface area contributed by atoms with Gasteiger partial charge in [-0.3, -0.25) is 0 Å². The van der Waals surface area contributed by atoms with Crippen LogP contribution in [0, 0.1) is 0 Å². The summed E-state index contributed by atoms with van der Waals surface area (Å²) >= 11 is 0. The first kappa shape index (κ1) is 15.2. The summed E-state index contributed by atoms with van der Waals surface area (Å²) in [5.41, 5.74) is 0. The Morgan fingerprint density at radius 1 is 1.40 bits per heavy atom. The predicted octanol–water partition coefficient (Wildman–Crippen LogP) is 1.16. The molecule has 1 fully saturated rings. The average Bonchev–Trinajstić information content (AvgIpc) is 2.46. The summed E-state index contributed by atoms with van der Waals surface area (Å²) in [6, 6.07) is 1.73. The van der Waals surface area contributed by atoms with Crippen molar-refractivity contribution in [2.45, 2.75) is 38.6 Å². The SMILES string of the molecule is CCCCS(=O)(=O)NC1CCCN(c2ncccn2)C1. The molecule has 0 saturated carbocycles. The lowest BCUT2D eigenvalue weighted by molar-refractivity contribution is 0.461. The normalized spacial score (nSPS) is 20.1. The second kappa shape index (κ2) is 6.99. The van der Waals surface area contributed by atoms with Gasteiger partial charge in [0, 0.05) is 31.5 Å². The highest BCUT2D eigenvalue weighted by Gasteiger charge is 2.25. The van der Waals surface area contributed by atoms with Crippen LogP contribution in [0.4, 0.5) is 5.95 Å². The molecule has 1 aliphatic rings. The smallest absolute Gasteiger partial charge is 0.225 e. The van der Waals surface area contributed by atoms with Gasteiger partial charge in [-0.05, 0) is 25.3 Å². The first-order chi connectivity index (χ1) is 9.61. The van der Waals surface area contributed by atoms with Crippen molar-refractivity contribution in [3.8, 4) is 0 Å². The van der Waals surface area contributed by atoms with Crippen molar-refractivity contribution in [2.75, 3.05) is 23.7 Å². The molecule has 0 bridgehead atoms. The van der Waals surface area contributed by atoms with Crippen LogP contribution in [0.3, 0.4) is 0 Å². The maximum atomic E-state index is 11.9. The summed E-state index contributed by atoms with van der Waals surface area (Å²) < 4.78 is 26.7. The molecule has 0 amide bonds. The minimum Gasteiger partial charge on any atom is -0.339 e. The van der Waals surface area contributed by atoms with E-state index in [-0.39, 0.29) is 11.8 Å². The highest BCUT2D eigenvalue weighted by Crippen LogP contribution is 2.16. The molecule has 0 spiro atoms. The number of piperidine rings is 1. The van der Waals surface area contributed by atoms with Crippen molar-refractivity contribution >= 4 is 16.0 Å². The molecular weight excluding hydrogens is 276 g/mol. The second-order valence-corrected chi connectivity index (χ2v) is 7.00. The lowest BCUT2D eigenvalue weighted by atomic mass is 10.1. The highest BCUT2D eigenvalue weighted by atomic mass is 32.2. The summed E-state index contributed by atoms with van der Waals surface area (Å²) in [6.45, 7) is 3.50. The van der Waals surface area contributed by atoms with Gasteiger partial charge in [-0.1, -0.05) is 13.3 Å². The molecule has 1 N–H and O–H groups in total. The van der Waals surface area contributed by atoms with Crippen molar-refractivity contribution in [3.63, 3.8) is 0 Å². The Labute approximate surface area is 120 Å². The Hall–Kier alpha value is -1.21. The monoisotopic (exact) mass is 298 g/mol. The summed E-state index contributed by atoms with van der Waals surface area (Å²) in [7, 11) is -3.17. The molecule has 1 saturated heterocycles. The molecule has 1 unspecified atom stereocenters. The van der Waals surface area contributed by atoms with Crippen LogP contribution < -0.4 is 9.62 Å². The molecule has 2 heterocycles. The first-order valence-corrected chi connectivity index (χ1v) is 8.78. The quantitative estimate of drug-likeness (QED) is 0.853. The third kappa shape index (κ3) is 4.42. The Morgan fingerprint density at radius 2 is 2.15 bits per heavy atom. The van der Waals surface area contributed by atoms with Crippen LogP contribution in [0.5, 0.6) is 0 Å². The summed E-state index contributed by atoms with van der Waals surface area (Å²) in [6.07, 6.45) is 6.81. The molecular formula is C13H22N4O2S. The van der Waals surface area contributed by atoms with Crippen LogP contribution in [0.1, 0.15) is 32.6 Å². The first-order valence-electron chi connectivity index (χ1n) is 7.12. The zero-order valence-corrected chi connectivity index (χ0v) is 12.6. The lowest BCUT2D eigenvalue weighted by Crippen LogP contribution is -2.48. The molecule has 2 rings (SSSR count). The van der Waals surface area contributed by atoms with Crippen molar-refractivity contribution in [2.24, 2.45) is 0 Å². The molecule has 7 heteroatoms. The Balaban J connectivity index is 1.94. The topological polar surface area (TPSA) is 75.2 Å². The van der Waals surface area contributed by atoms with Gasteiger partial charge in [-0.2, -0.15) is 0 Å². The molecule has 0 aromatic carbocycles. The molecule has 1 aromatic rings. The average molecular weight is 298 g/mol. The Morgan fingerprint density at radius 3 is 2.85 bits per heavy atom. The fourth-order valence-corrected chi connectivity index (χ4v) is 3.84. The predicted molar refractivity (Wildman–Crippen MR) is 79.1 cm³/mol. The highest BCUT2D eigenvalue weighted by molar-refractivity contribution is 7.89. The number of anilines is 1. The van der Waals surface area contributed by atoms with E-state index in [1.165, 1.54) is 0 Å². The van der Waals surface area contributed by atoms with Crippen LogP contribution in [-0.4, -0.2) is 43.3 Å². The summed E-state index contributed by atoms with van der Waals surface area (Å²) in [5, 5.41) is 0. The fourth-order valence-electron chi connectivity index (χ4n) is 2.36. The van der Waals surface area contributed by atoms with E-state index in [2.05, 4.69) is 14.7 Å². The third-order valence-corrected chi connectivity index (χ3v) is 4.89. The zero-order valence-electron chi connectivity index (χ0n) is 11.8. The second-order valence-electron chi connectivity index (χ2n) is 5.12. The molecule has 0 radical (unpaired) electrons. The van der Waals surface area contributed by atoms with E-state index >= 15 is 0 Å².